The van der Waals surface area contributed by atoms with Gasteiger partial charge in [0.25, 0.3) is 0 Å². The number of rotatable bonds is 8. The second kappa shape index (κ2) is 9.72. The molecule has 116 valence electrons. The van der Waals surface area contributed by atoms with Gasteiger partial charge in [0, 0.05) is 6.54 Å². The first-order valence-corrected chi connectivity index (χ1v) is 7.57. The van der Waals surface area contributed by atoms with Crippen molar-refractivity contribution in [3.63, 3.8) is 0 Å². The smallest absolute Gasteiger partial charge is 0.239 e. The fourth-order valence-electron chi connectivity index (χ4n) is 2.29. The van der Waals surface area contributed by atoms with Crippen LogP contribution in [0.4, 0.5) is 0 Å². The van der Waals surface area contributed by atoms with Gasteiger partial charge in [-0.1, -0.05) is 6.92 Å². The molecule has 0 aromatic heterocycles. The van der Waals surface area contributed by atoms with Crippen molar-refractivity contribution in [1.82, 2.24) is 15.5 Å². The first kappa shape index (κ1) is 16.9. The molecule has 0 aliphatic carbocycles. The van der Waals surface area contributed by atoms with Gasteiger partial charge in [0.1, 0.15) is 0 Å². The van der Waals surface area contributed by atoms with E-state index >= 15 is 0 Å². The van der Waals surface area contributed by atoms with Crippen molar-refractivity contribution in [3.8, 4) is 0 Å². The fourth-order valence-corrected chi connectivity index (χ4v) is 2.29. The molecule has 0 bridgehead atoms. The minimum atomic E-state index is -0.306. The van der Waals surface area contributed by atoms with E-state index in [1.807, 2.05) is 0 Å². The van der Waals surface area contributed by atoms with E-state index in [1.165, 1.54) is 25.9 Å². The van der Waals surface area contributed by atoms with Gasteiger partial charge >= 0.3 is 0 Å². The molecule has 1 rings (SSSR count). The van der Waals surface area contributed by atoms with E-state index in [4.69, 9.17) is 5.73 Å². The van der Waals surface area contributed by atoms with Crippen LogP contribution in [0.3, 0.4) is 0 Å². The summed E-state index contributed by atoms with van der Waals surface area (Å²) >= 11 is 0. The van der Waals surface area contributed by atoms with Crippen LogP contribution in [0.1, 0.15) is 32.6 Å². The summed E-state index contributed by atoms with van der Waals surface area (Å²) in [6.07, 6.45) is 4.68. The van der Waals surface area contributed by atoms with Gasteiger partial charge in [0.15, 0.2) is 0 Å². The van der Waals surface area contributed by atoms with Crippen LogP contribution in [-0.2, 0) is 9.59 Å². The molecule has 1 heterocycles. The molecule has 0 spiro atoms. The number of carbonyl (C=O) groups is 2. The molecule has 6 nitrogen and oxygen atoms in total. The van der Waals surface area contributed by atoms with Crippen LogP contribution in [0.5, 0.6) is 0 Å². The Hall–Kier alpha value is -1.14. The maximum Gasteiger partial charge on any atom is 0.239 e. The number of unbranched alkanes of at least 4 members (excludes halogenated alkanes) is 1. The van der Waals surface area contributed by atoms with Crippen molar-refractivity contribution in [2.45, 2.75) is 32.6 Å². The monoisotopic (exact) mass is 284 g/mol. The van der Waals surface area contributed by atoms with Crippen LogP contribution in [0.2, 0.25) is 0 Å². The van der Waals surface area contributed by atoms with Gasteiger partial charge in [-0.05, 0) is 51.2 Å². The number of hydrogen-bond donors (Lipinski definition) is 3. The number of likely N-dealkylation sites (tertiary alicyclic amines) is 1. The zero-order chi connectivity index (χ0) is 14.8. The summed E-state index contributed by atoms with van der Waals surface area (Å²) in [7, 11) is 0. The average molecular weight is 284 g/mol. The molecule has 1 saturated heterocycles. The molecular formula is C14H28N4O2. The topological polar surface area (TPSA) is 87.5 Å². The number of amides is 2. The molecule has 2 amide bonds. The largest absolute Gasteiger partial charge is 0.355 e. The zero-order valence-electron chi connectivity index (χ0n) is 12.5. The number of nitrogens with zero attached hydrogens (tertiary/aromatic N) is 1. The van der Waals surface area contributed by atoms with E-state index in [0.717, 1.165) is 25.3 Å². The molecule has 0 radical (unpaired) electrons. The van der Waals surface area contributed by atoms with Crippen molar-refractivity contribution in [2.24, 2.45) is 11.7 Å². The molecule has 4 N–H and O–H groups in total. The predicted molar refractivity (Wildman–Crippen MR) is 79.1 cm³/mol. The minimum absolute atomic E-state index is 0.0139. The Morgan fingerprint density at radius 2 is 1.85 bits per heavy atom. The maximum atomic E-state index is 11.4. The molecule has 0 unspecified atom stereocenters. The first-order valence-electron chi connectivity index (χ1n) is 7.57. The van der Waals surface area contributed by atoms with E-state index in [0.29, 0.717) is 6.54 Å². The SMILES string of the molecule is CC1CCN(CCCCNC(=O)CNC(=O)CN)CC1. The highest BCUT2D eigenvalue weighted by molar-refractivity contribution is 5.85. The van der Waals surface area contributed by atoms with E-state index in [-0.39, 0.29) is 24.9 Å². The van der Waals surface area contributed by atoms with E-state index in [9.17, 15) is 9.59 Å². The highest BCUT2D eigenvalue weighted by atomic mass is 16.2. The summed E-state index contributed by atoms with van der Waals surface area (Å²) < 4.78 is 0. The molecule has 0 atom stereocenters. The third-order valence-corrected chi connectivity index (χ3v) is 3.73. The molecule has 0 saturated carbocycles. The summed E-state index contributed by atoms with van der Waals surface area (Å²) in [4.78, 5) is 24.8. The summed E-state index contributed by atoms with van der Waals surface area (Å²) in [6, 6.07) is 0. The molecule has 0 aromatic rings. The number of nitrogens with one attached hydrogen (secondary N) is 2. The van der Waals surface area contributed by atoms with Crippen LogP contribution >= 0.6 is 0 Å². The fraction of sp³-hybridized carbons (Fsp3) is 0.857. The second-order valence-corrected chi connectivity index (χ2v) is 5.56. The molecular weight excluding hydrogens is 256 g/mol. The number of piperidine rings is 1. The van der Waals surface area contributed by atoms with Gasteiger partial charge in [-0.3, -0.25) is 9.59 Å². The molecule has 0 aromatic carbocycles. The molecule has 6 heteroatoms. The molecule has 1 aliphatic heterocycles. The van der Waals surface area contributed by atoms with Gasteiger partial charge in [0.05, 0.1) is 13.1 Å². The van der Waals surface area contributed by atoms with E-state index in [2.05, 4.69) is 22.5 Å². The lowest BCUT2D eigenvalue weighted by atomic mass is 9.99. The van der Waals surface area contributed by atoms with Crippen LogP contribution in [0, 0.1) is 5.92 Å². The number of carbonyl (C=O) groups excluding carboxylic acids is 2. The quantitative estimate of drug-likeness (QED) is 0.534. The Morgan fingerprint density at radius 1 is 1.15 bits per heavy atom. The average Bonchev–Trinajstić information content (AvgIpc) is 2.46. The lowest BCUT2D eigenvalue weighted by Gasteiger charge is -2.30. The van der Waals surface area contributed by atoms with Crippen molar-refractivity contribution < 1.29 is 9.59 Å². The predicted octanol–water partition coefficient (Wildman–Crippen LogP) is -0.310. The third-order valence-electron chi connectivity index (χ3n) is 3.73. The van der Waals surface area contributed by atoms with Gasteiger partial charge in [0.2, 0.25) is 11.8 Å². The van der Waals surface area contributed by atoms with Gasteiger partial charge in [-0.25, -0.2) is 0 Å². The lowest BCUT2D eigenvalue weighted by Crippen LogP contribution is -2.39. The highest BCUT2D eigenvalue weighted by Gasteiger charge is 2.14. The van der Waals surface area contributed by atoms with E-state index < -0.39 is 0 Å². The minimum Gasteiger partial charge on any atom is -0.355 e. The number of nitrogens with two attached hydrogens (primary N) is 1. The van der Waals surface area contributed by atoms with Crippen LogP contribution in [0.25, 0.3) is 0 Å². The van der Waals surface area contributed by atoms with Crippen molar-refractivity contribution in [2.75, 3.05) is 39.3 Å². The standard InChI is InChI=1S/C14H28N4O2/c1-12-4-8-18(9-5-12)7-3-2-6-16-14(20)11-17-13(19)10-15/h12H,2-11,15H2,1H3,(H,16,20)(H,17,19). The highest BCUT2D eigenvalue weighted by Crippen LogP contribution is 2.15. The third kappa shape index (κ3) is 7.45. The Morgan fingerprint density at radius 3 is 2.50 bits per heavy atom. The summed E-state index contributed by atoms with van der Waals surface area (Å²) in [5, 5.41) is 5.24. The number of hydrogen-bond acceptors (Lipinski definition) is 4. The van der Waals surface area contributed by atoms with Crippen LogP contribution < -0.4 is 16.4 Å². The second-order valence-electron chi connectivity index (χ2n) is 5.56. The Bertz CT molecular complexity index is 302. The molecule has 1 fully saturated rings. The van der Waals surface area contributed by atoms with Crippen LogP contribution in [-0.4, -0.2) is 56.0 Å². The van der Waals surface area contributed by atoms with Gasteiger partial charge in [-0.15, -0.1) is 0 Å². The van der Waals surface area contributed by atoms with Gasteiger partial charge in [-0.2, -0.15) is 0 Å². The Kier molecular flexibility index (Phi) is 8.22. The summed E-state index contributed by atoms with van der Waals surface area (Å²) in [5.41, 5.74) is 5.13. The molecule has 1 aliphatic rings. The first-order chi connectivity index (χ1) is 9.61. The van der Waals surface area contributed by atoms with E-state index in [1.54, 1.807) is 0 Å². The lowest BCUT2D eigenvalue weighted by molar-refractivity contribution is -0.125. The normalized spacial score (nSPS) is 16.9. The summed E-state index contributed by atoms with van der Waals surface area (Å²) in [5.74, 6) is 0.410. The zero-order valence-corrected chi connectivity index (χ0v) is 12.5. The Labute approximate surface area is 121 Å². The maximum absolute atomic E-state index is 11.4. The van der Waals surface area contributed by atoms with Crippen molar-refractivity contribution in [1.29, 1.82) is 0 Å². The Balaban J connectivity index is 1.94. The van der Waals surface area contributed by atoms with Crippen LogP contribution in [0.15, 0.2) is 0 Å². The summed E-state index contributed by atoms with van der Waals surface area (Å²) in [6.45, 7) is 6.45. The molecule has 20 heavy (non-hydrogen) atoms. The van der Waals surface area contributed by atoms with Crippen molar-refractivity contribution >= 4 is 11.8 Å². The van der Waals surface area contributed by atoms with Crippen molar-refractivity contribution in [3.05, 3.63) is 0 Å². The van der Waals surface area contributed by atoms with Gasteiger partial charge < -0.3 is 21.3 Å².